The average Bonchev–Trinajstić information content (AvgIpc) is 2.25. The minimum absolute atomic E-state index is 0.243. The quantitative estimate of drug-likeness (QED) is 0.381. The number of aliphatic carboxylic acids is 1. The third kappa shape index (κ3) is 3.67. The first-order chi connectivity index (χ1) is 8.43. The van der Waals surface area contributed by atoms with Crippen molar-refractivity contribution < 1.29 is 23.1 Å². The van der Waals surface area contributed by atoms with Crippen molar-refractivity contribution in [2.45, 2.75) is 18.9 Å². The van der Waals surface area contributed by atoms with Gasteiger partial charge in [-0.2, -0.15) is 0 Å². The standard InChI is InChI=1S/C10H8F3N3O2/c11-7-4-9(13)8(12)2-5(7)1-6(15-16-14)3-10(17)18/h2,4,6H,1,3H2,(H,17,18)/t6-/m1/s1. The lowest BCUT2D eigenvalue weighted by Crippen LogP contribution is -2.14. The summed E-state index contributed by atoms with van der Waals surface area (Å²) in [5, 5.41) is 11.7. The van der Waals surface area contributed by atoms with E-state index in [-0.39, 0.29) is 12.0 Å². The molecule has 96 valence electrons. The van der Waals surface area contributed by atoms with E-state index in [2.05, 4.69) is 10.0 Å². The maximum absolute atomic E-state index is 13.3. The molecule has 0 heterocycles. The van der Waals surface area contributed by atoms with Gasteiger partial charge in [-0.05, 0) is 23.6 Å². The predicted molar refractivity (Wildman–Crippen MR) is 55.2 cm³/mol. The highest BCUT2D eigenvalue weighted by molar-refractivity contribution is 5.67. The van der Waals surface area contributed by atoms with Crippen molar-refractivity contribution in [3.05, 3.63) is 45.6 Å². The molecule has 0 aromatic heterocycles. The third-order valence-corrected chi connectivity index (χ3v) is 2.17. The van der Waals surface area contributed by atoms with Crippen LogP contribution in [0, 0.1) is 17.5 Å². The van der Waals surface area contributed by atoms with Gasteiger partial charge in [0.05, 0.1) is 12.5 Å². The summed E-state index contributed by atoms with van der Waals surface area (Å²) in [6.07, 6.45) is -0.845. The first-order valence-electron chi connectivity index (χ1n) is 4.83. The lowest BCUT2D eigenvalue weighted by atomic mass is 10.0. The van der Waals surface area contributed by atoms with Gasteiger partial charge in [0, 0.05) is 11.0 Å². The highest BCUT2D eigenvalue weighted by Crippen LogP contribution is 2.17. The van der Waals surface area contributed by atoms with Gasteiger partial charge in [0.25, 0.3) is 0 Å². The Balaban J connectivity index is 2.96. The van der Waals surface area contributed by atoms with Crippen molar-refractivity contribution in [2.24, 2.45) is 5.11 Å². The number of nitrogens with zero attached hydrogens (tertiary/aromatic N) is 3. The van der Waals surface area contributed by atoms with Crippen LogP contribution in [0.1, 0.15) is 12.0 Å². The Hall–Kier alpha value is -2.21. The molecule has 0 amide bonds. The summed E-state index contributed by atoms with van der Waals surface area (Å²) in [5.74, 6) is -4.84. The molecule has 0 saturated heterocycles. The molecule has 0 bridgehead atoms. The Morgan fingerprint density at radius 1 is 1.33 bits per heavy atom. The molecule has 0 fully saturated rings. The molecule has 0 aliphatic rings. The van der Waals surface area contributed by atoms with Crippen molar-refractivity contribution in [2.75, 3.05) is 0 Å². The molecule has 1 N–H and O–H groups in total. The van der Waals surface area contributed by atoms with E-state index in [1.165, 1.54) is 0 Å². The molecule has 1 aromatic carbocycles. The van der Waals surface area contributed by atoms with Crippen molar-refractivity contribution in [3.63, 3.8) is 0 Å². The van der Waals surface area contributed by atoms with Crippen molar-refractivity contribution in [1.29, 1.82) is 0 Å². The first kappa shape index (κ1) is 13.9. The lowest BCUT2D eigenvalue weighted by molar-refractivity contribution is -0.137. The van der Waals surface area contributed by atoms with E-state index in [1.54, 1.807) is 0 Å². The summed E-state index contributed by atoms with van der Waals surface area (Å²) in [5.41, 5.74) is 7.99. The van der Waals surface area contributed by atoms with Crippen LogP contribution in [0.2, 0.25) is 0 Å². The molecule has 0 radical (unpaired) electrons. The van der Waals surface area contributed by atoms with Crippen molar-refractivity contribution >= 4 is 5.97 Å². The largest absolute Gasteiger partial charge is 0.481 e. The molecule has 0 unspecified atom stereocenters. The van der Waals surface area contributed by atoms with Crippen LogP contribution in [0.4, 0.5) is 13.2 Å². The molecule has 1 atom stereocenters. The number of halogens is 3. The van der Waals surface area contributed by atoms with E-state index in [4.69, 9.17) is 10.6 Å². The zero-order valence-corrected chi connectivity index (χ0v) is 8.98. The van der Waals surface area contributed by atoms with Crippen LogP contribution in [0.15, 0.2) is 17.2 Å². The minimum Gasteiger partial charge on any atom is -0.481 e. The van der Waals surface area contributed by atoms with Gasteiger partial charge in [0.2, 0.25) is 0 Å². The Kier molecular flexibility index (Phi) is 4.56. The number of carbonyl (C=O) groups is 1. The first-order valence-corrected chi connectivity index (χ1v) is 4.83. The summed E-state index contributed by atoms with van der Waals surface area (Å²) in [7, 11) is 0. The fraction of sp³-hybridized carbons (Fsp3) is 0.300. The second-order valence-electron chi connectivity index (χ2n) is 3.52. The molecular formula is C10H8F3N3O2. The molecule has 18 heavy (non-hydrogen) atoms. The van der Waals surface area contributed by atoms with Gasteiger partial charge >= 0.3 is 5.97 Å². The Labute approximate surface area is 99.5 Å². The maximum Gasteiger partial charge on any atom is 0.303 e. The summed E-state index contributed by atoms with van der Waals surface area (Å²) in [4.78, 5) is 12.9. The van der Waals surface area contributed by atoms with Gasteiger partial charge in [-0.3, -0.25) is 4.79 Å². The minimum atomic E-state index is -1.34. The molecule has 0 aliphatic heterocycles. The summed E-state index contributed by atoms with van der Waals surface area (Å²) >= 11 is 0. The van der Waals surface area contributed by atoms with E-state index in [9.17, 15) is 18.0 Å². The Morgan fingerprint density at radius 3 is 2.50 bits per heavy atom. The highest BCUT2D eigenvalue weighted by Gasteiger charge is 2.17. The average molecular weight is 259 g/mol. The monoisotopic (exact) mass is 259 g/mol. The van der Waals surface area contributed by atoms with Crippen LogP contribution in [-0.4, -0.2) is 17.1 Å². The fourth-order valence-electron chi connectivity index (χ4n) is 1.40. The topological polar surface area (TPSA) is 86.1 Å². The number of hydrogen-bond acceptors (Lipinski definition) is 2. The van der Waals surface area contributed by atoms with Gasteiger partial charge in [-0.15, -0.1) is 0 Å². The number of azide groups is 1. The Morgan fingerprint density at radius 2 is 1.94 bits per heavy atom. The second-order valence-corrected chi connectivity index (χ2v) is 3.52. The number of rotatable bonds is 5. The van der Waals surface area contributed by atoms with Gasteiger partial charge in [0.1, 0.15) is 5.82 Å². The van der Waals surface area contributed by atoms with E-state index in [0.29, 0.717) is 12.1 Å². The second kappa shape index (κ2) is 5.92. The van der Waals surface area contributed by atoms with Gasteiger partial charge < -0.3 is 5.11 Å². The molecule has 8 heteroatoms. The molecule has 0 spiro atoms. The van der Waals surface area contributed by atoms with E-state index >= 15 is 0 Å². The lowest BCUT2D eigenvalue weighted by Gasteiger charge is -2.09. The van der Waals surface area contributed by atoms with Gasteiger partial charge in [-0.1, -0.05) is 5.11 Å². The fourth-order valence-corrected chi connectivity index (χ4v) is 1.40. The van der Waals surface area contributed by atoms with E-state index in [1.807, 2.05) is 0 Å². The summed E-state index contributed by atoms with van der Waals surface area (Å²) in [6, 6.07) is -0.0859. The van der Waals surface area contributed by atoms with Crippen molar-refractivity contribution in [3.8, 4) is 0 Å². The number of carboxylic acids is 1. The predicted octanol–water partition coefficient (Wildman–Crippen LogP) is 2.80. The SMILES string of the molecule is [N-]=[N+]=N[C@@H](CC(=O)O)Cc1cc(F)c(F)cc1F. The van der Waals surface area contributed by atoms with Crippen LogP contribution >= 0.6 is 0 Å². The zero-order chi connectivity index (χ0) is 13.7. The third-order valence-electron chi connectivity index (χ3n) is 2.17. The van der Waals surface area contributed by atoms with Crippen LogP contribution < -0.4 is 0 Å². The zero-order valence-electron chi connectivity index (χ0n) is 8.98. The molecule has 1 aromatic rings. The molecule has 0 aliphatic carbocycles. The highest BCUT2D eigenvalue weighted by atomic mass is 19.2. The number of benzene rings is 1. The smallest absolute Gasteiger partial charge is 0.303 e. The van der Waals surface area contributed by atoms with Crippen LogP contribution in [-0.2, 0) is 11.2 Å². The van der Waals surface area contributed by atoms with Crippen LogP contribution in [0.25, 0.3) is 10.4 Å². The van der Waals surface area contributed by atoms with E-state index < -0.39 is 35.9 Å². The van der Waals surface area contributed by atoms with Crippen molar-refractivity contribution in [1.82, 2.24) is 0 Å². The van der Waals surface area contributed by atoms with Crippen LogP contribution in [0.5, 0.6) is 0 Å². The molecule has 0 saturated carbocycles. The summed E-state index contributed by atoms with van der Waals surface area (Å²) < 4.78 is 38.8. The maximum atomic E-state index is 13.3. The van der Waals surface area contributed by atoms with Gasteiger partial charge in [0.15, 0.2) is 11.6 Å². The molecule has 1 rings (SSSR count). The summed E-state index contributed by atoms with van der Waals surface area (Å²) in [6.45, 7) is 0. The van der Waals surface area contributed by atoms with Gasteiger partial charge in [-0.25, -0.2) is 13.2 Å². The Bertz CT molecular complexity index is 515. The van der Waals surface area contributed by atoms with E-state index in [0.717, 1.165) is 0 Å². The normalized spacial score (nSPS) is 11.7. The molecule has 5 nitrogen and oxygen atoms in total. The molecular weight excluding hydrogens is 251 g/mol. The number of carboxylic acid groups (broad SMARTS) is 1. The van der Waals surface area contributed by atoms with Crippen LogP contribution in [0.3, 0.4) is 0 Å². The number of hydrogen-bond donors (Lipinski definition) is 1.